The first kappa shape index (κ1) is 22.0. The van der Waals surface area contributed by atoms with Crippen LogP contribution >= 0.6 is 23.4 Å². The summed E-state index contributed by atoms with van der Waals surface area (Å²) in [6.45, 7) is 4.57. The maximum atomic E-state index is 12.3. The Bertz CT molecular complexity index is 994. The molecule has 1 aromatic heterocycles. The number of nitrogens with zero attached hydrogens (tertiary/aromatic N) is 3. The molecule has 1 heterocycles. The van der Waals surface area contributed by atoms with Gasteiger partial charge in [0.2, 0.25) is 5.91 Å². The fourth-order valence-corrected chi connectivity index (χ4v) is 3.79. The van der Waals surface area contributed by atoms with E-state index >= 15 is 0 Å². The summed E-state index contributed by atoms with van der Waals surface area (Å²) in [6.07, 6.45) is -0.321. The number of nitrogens with one attached hydrogen (secondary N) is 1. The van der Waals surface area contributed by atoms with Crippen molar-refractivity contribution in [2.75, 3.05) is 18.2 Å². The van der Waals surface area contributed by atoms with E-state index in [0.717, 1.165) is 5.75 Å². The Morgan fingerprint density at radius 1 is 1.20 bits per heavy atom. The molecule has 2 aromatic carbocycles. The molecule has 3 aromatic rings. The van der Waals surface area contributed by atoms with Crippen LogP contribution in [0.3, 0.4) is 0 Å². The summed E-state index contributed by atoms with van der Waals surface area (Å²) in [6, 6.07) is 14.4. The number of carbonyl (C=O) groups is 1. The summed E-state index contributed by atoms with van der Waals surface area (Å²) in [7, 11) is 1.60. The van der Waals surface area contributed by atoms with Crippen LogP contribution < -0.4 is 14.8 Å². The number of rotatable bonds is 9. The first-order chi connectivity index (χ1) is 14.5. The minimum Gasteiger partial charge on any atom is -0.497 e. The van der Waals surface area contributed by atoms with Gasteiger partial charge < -0.3 is 19.4 Å². The highest BCUT2D eigenvalue weighted by Crippen LogP contribution is 2.26. The fourth-order valence-electron chi connectivity index (χ4n) is 2.80. The van der Waals surface area contributed by atoms with E-state index in [0.29, 0.717) is 34.0 Å². The molecule has 0 aliphatic heterocycles. The van der Waals surface area contributed by atoms with Gasteiger partial charge in [0.05, 0.1) is 12.9 Å². The Hall–Kier alpha value is -2.71. The standard InChI is InChI=1S/C21H23ClN4O3S/c1-4-26-20(14(2)29-18-7-5-6-15(22)12-18)24-25-21(26)30-13-19(27)23-16-8-10-17(28-3)11-9-16/h5-12,14H,4,13H2,1-3H3,(H,23,27). The van der Waals surface area contributed by atoms with Gasteiger partial charge in [0.25, 0.3) is 0 Å². The van der Waals surface area contributed by atoms with Gasteiger partial charge in [-0.3, -0.25) is 4.79 Å². The zero-order chi connectivity index (χ0) is 21.5. The van der Waals surface area contributed by atoms with E-state index in [9.17, 15) is 4.79 Å². The lowest BCUT2D eigenvalue weighted by atomic mass is 10.3. The Morgan fingerprint density at radius 2 is 1.97 bits per heavy atom. The lowest BCUT2D eigenvalue weighted by Crippen LogP contribution is -2.15. The minimum absolute atomic E-state index is 0.124. The van der Waals surface area contributed by atoms with E-state index in [1.165, 1.54) is 11.8 Å². The first-order valence-corrected chi connectivity index (χ1v) is 10.8. The van der Waals surface area contributed by atoms with Gasteiger partial charge in [-0.1, -0.05) is 29.4 Å². The third-order valence-corrected chi connectivity index (χ3v) is 5.44. The van der Waals surface area contributed by atoms with Crippen LogP contribution in [0, 0.1) is 0 Å². The normalized spacial score (nSPS) is 11.7. The van der Waals surface area contributed by atoms with Crippen LogP contribution in [0.5, 0.6) is 11.5 Å². The summed E-state index contributed by atoms with van der Waals surface area (Å²) in [5.41, 5.74) is 0.711. The summed E-state index contributed by atoms with van der Waals surface area (Å²) in [5.74, 6) is 2.18. The second kappa shape index (κ2) is 10.4. The van der Waals surface area contributed by atoms with E-state index in [-0.39, 0.29) is 17.8 Å². The van der Waals surface area contributed by atoms with Gasteiger partial charge in [-0.2, -0.15) is 0 Å². The van der Waals surface area contributed by atoms with Crippen molar-refractivity contribution in [2.45, 2.75) is 31.7 Å². The Labute approximate surface area is 184 Å². The zero-order valence-corrected chi connectivity index (χ0v) is 18.5. The zero-order valence-electron chi connectivity index (χ0n) is 17.0. The topological polar surface area (TPSA) is 78.3 Å². The van der Waals surface area contributed by atoms with Crippen LogP contribution in [0.15, 0.2) is 53.7 Å². The molecule has 0 saturated carbocycles. The quantitative estimate of drug-likeness (QED) is 0.474. The SMILES string of the molecule is CCn1c(SCC(=O)Nc2ccc(OC)cc2)nnc1C(C)Oc1cccc(Cl)c1. The summed E-state index contributed by atoms with van der Waals surface area (Å²) < 4.78 is 13.0. The molecule has 1 amide bonds. The number of ether oxygens (including phenoxy) is 2. The monoisotopic (exact) mass is 446 g/mol. The van der Waals surface area contributed by atoms with E-state index in [1.807, 2.05) is 30.5 Å². The van der Waals surface area contributed by atoms with Crippen molar-refractivity contribution >= 4 is 35.0 Å². The largest absolute Gasteiger partial charge is 0.497 e. The van der Waals surface area contributed by atoms with Crippen molar-refractivity contribution in [3.05, 3.63) is 59.4 Å². The summed E-state index contributed by atoms with van der Waals surface area (Å²) in [5, 5.41) is 12.6. The molecule has 0 saturated heterocycles. The Balaban J connectivity index is 1.61. The lowest BCUT2D eigenvalue weighted by molar-refractivity contribution is -0.113. The van der Waals surface area contributed by atoms with Gasteiger partial charge in [0.15, 0.2) is 17.1 Å². The highest BCUT2D eigenvalue weighted by Gasteiger charge is 2.19. The van der Waals surface area contributed by atoms with E-state index in [1.54, 1.807) is 43.5 Å². The highest BCUT2D eigenvalue weighted by molar-refractivity contribution is 7.99. The van der Waals surface area contributed by atoms with Crippen molar-refractivity contribution in [3.8, 4) is 11.5 Å². The van der Waals surface area contributed by atoms with Crippen molar-refractivity contribution < 1.29 is 14.3 Å². The number of halogens is 1. The third kappa shape index (κ3) is 5.67. The maximum absolute atomic E-state index is 12.3. The highest BCUT2D eigenvalue weighted by atomic mass is 35.5. The van der Waals surface area contributed by atoms with Crippen molar-refractivity contribution in [2.24, 2.45) is 0 Å². The number of carbonyl (C=O) groups excluding carboxylic acids is 1. The van der Waals surface area contributed by atoms with Crippen LogP contribution in [0.1, 0.15) is 25.8 Å². The summed E-state index contributed by atoms with van der Waals surface area (Å²) in [4.78, 5) is 12.3. The number of anilines is 1. The predicted octanol–water partition coefficient (Wildman–Crippen LogP) is 4.83. The molecule has 0 aliphatic carbocycles. The molecule has 0 radical (unpaired) electrons. The molecule has 0 aliphatic rings. The van der Waals surface area contributed by atoms with E-state index in [4.69, 9.17) is 21.1 Å². The second-order valence-corrected chi connectivity index (χ2v) is 7.75. The molecule has 0 bridgehead atoms. The molecule has 0 fully saturated rings. The van der Waals surface area contributed by atoms with Gasteiger partial charge in [-0.25, -0.2) is 0 Å². The number of hydrogen-bond donors (Lipinski definition) is 1. The maximum Gasteiger partial charge on any atom is 0.234 e. The Kier molecular flexibility index (Phi) is 7.59. The second-order valence-electron chi connectivity index (χ2n) is 6.37. The molecule has 9 heteroatoms. The number of amides is 1. The van der Waals surface area contributed by atoms with Crippen LogP contribution in [-0.2, 0) is 11.3 Å². The van der Waals surface area contributed by atoms with Gasteiger partial charge in [0, 0.05) is 17.3 Å². The number of aromatic nitrogens is 3. The number of methoxy groups -OCH3 is 1. The molecule has 1 N–H and O–H groups in total. The van der Waals surface area contributed by atoms with Crippen LogP contribution in [0.25, 0.3) is 0 Å². The average molecular weight is 447 g/mol. The van der Waals surface area contributed by atoms with Crippen molar-refractivity contribution in [3.63, 3.8) is 0 Å². The molecule has 158 valence electrons. The minimum atomic E-state index is -0.321. The smallest absolute Gasteiger partial charge is 0.234 e. The third-order valence-electron chi connectivity index (χ3n) is 4.24. The van der Waals surface area contributed by atoms with Crippen LogP contribution in [0.2, 0.25) is 5.02 Å². The van der Waals surface area contributed by atoms with Crippen LogP contribution in [-0.4, -0.2) is 33.5 Å². The molecule has 1 atom stereocenters. The van der Waals surface area contributed by atoms with Crippen LogP contribution in [0.4, 0.5) is 5.69 Å². The first-order valence-electron chi connectivity index (χ1n) is 9.42. The molecule has 3 rings (SSSR count). The average Bonchev–Trinajstić information content (AvgIpc) is 3.16. The molecular weight excluding hydrogens is 424 g/mol. The number of benzene rings is 2. The van der Waals surface area contributed by atoms with Gasteiger partial charge >= 0.3 is 0 Å². The van der Waals surface area contributed by atoms with E-state index in [2.05, 4.69) is 15.5 Å². The van der Waals surface area contributed by atoms with E-state index < -0.39 is 0 Å². The van der Waals surface area contributed by atoms with Crippen molar-refractivity contribution in [1.29, 1.82) is 0 Å². The lowest BCUT2D eigenvalue weighted by Gasteiger charge is -2.15. The number of thioether (sulfide) groups is 1. The van der Waals surface area contributed by atoms with Gasteiger partial charge in [0.1, 0.15) is 11.5 Å². The van der Waals surface area contributed by atoms with Crippen molar-refractivity contribution in [1.82, 2.24) is 14.8 Å². The summed E-state index contributed by atoms with van der Waals surface area (Å²) >= 11 is 7.35. The molecule has 0 spiro atoms. The Morgan fingerprint density at radius 3 is 2.63 bits per heavy atom. The number of hydrogen-bond acceptors (Lipinski definition) is 6. The molecule has 1 unspecified atom stereocenters. The molecular formula is C21H23ClN4O3S. The van der Waals surface area contributed by atoms with Gasteiger partial charge in [-0.05, 0) is 56.3 Å². The molecule has 7 nitrogen and oxygen atoms in total. The molecule has 30 heavy (non-hydrogen) atoms. The fraction of sp³-hybridized carbons (Fsp3) is 0.286. The predicted molar refractivity (Wildman–Crippen MR) is 119 cm³/mol. The van der Waals surface area contributed by atoms with Gasteiger partial charge in [-0.15, -0.1) is 10.2 Å².